The number of ether oxygens (including phenoxy) is 6. The van der Waals surface area contributed by atoms with Gasteiger partial charge in [0.15, 0.2) is 28.8 Å². The number of carbonyl (C=O) groups excluding carboxylic acids is 9. The highest BCUT2D eigenvalue weighted by Crippen LogP contribution is 2.52. The van der Waals surface area contributed by atoms with Crippen LogP contribution in [0.25, 0.3) is 22.3 Å². The Hall–Kier alpha value is -10.6. The molecule has 716 valence electrons. The molecule has 3 unspecified atom stereocenters. The van der Waals surface area contributed by atoms with Crippen molar-refractivity contribution in [2.75, 3.05) is 19.8 Å². The number of nitrogens with two attached hydrogens (primary N) is 1. The zero-order chi connectivity index (χ0) is 96.5. The molecule has 1 saturated carbocycles. The Morgan fingerprint density at radius 2 is 1.34 bits per heavy atom. The molecule has 1 saturated heterocycles. The first-order valence-electron chi connectivity index (χ1n) is 43.6. The lowest BCUT2D eigenvalue weighted by atomic mass is 9.73. The highest BCUT2D eigenvalue weighted by molar-refractivity contribution is 6.32. The van der Waals surface area contributed by atoms with Gasteiger partial charge in [-0.1, -0.05) is 117 Å². The van der Waals surface area contributed by atoms with Crippen molar-refractivity contribution in [2.45, 2.75) is 227 Å². The average Bonchev–Trinajstić information content (AvgIpc) is 0.759. The van der Waals surface area contributed by atoms with Crippen LogP contribution in [-0.2, 0) is 70.5 Å². The molecule has 133 heavy (non-hydrogen) atoms. The molecule has 2 fully saturated rings. The van der Waals surface area contributed by atoms with Crippen LogP contribution in [0, 0.1) is 23.7 Å². The summed E-state index contributed by atoms with van der Waals surface area (Å²) in [5.74, 6) is -19.0. The fourth-order valence-electron chi connectivity index (χ4n) is 17.5. The minimum absolute atomic E-state index is 0.00756. The van der Waals surface area contributed by atoms with E-state index in [0.29, 0.717) is 11.4 Å². The van der Waals surface area contributed by atoms with Crippen molar-refractivity contribution < 1.29 is 143 Å². The summed E-state index contributed by atoms with van der Waals surface area (Å²) in [5.41, 5.74) is 4.65. The quantitative estimate of drug-likeness (QED) is 0.0191. The number of aliphatic hydroxyl groups excluding tert-OH is 11. The Labute approximate surface area is 779 Å². The summed E-state index contributed by atoms with van der Waals surface area (Å²) in [4.78, 5) is 132. The van der Waals surface area contributed by atoms with E-state index in [1.807, 2.05) is 50.2 Å². The van der Waals surface area contributed by atoms with E-state index in [0.717, 1.165) is 65.2 Å². The summed E-state index contributed by atoms with van der Waals surface area (Å²) >= 11 is 20.7. The number of Topliss-reactive ketones (excluding diaryl/α,β-unsaturated/α-hetero) is 3. The van der Waals surface area contributed by atoms with Crippen molar-refractivity contribution in [3.63, 3.8) is 0 Å². The van der Waals surface area contributed by atoms with Crippen molar-refractivity contribution in [1.82, 2.24) is 31.9 Å². The SMILES string of the molecule is CC[C@H](CC(C)C)C(=O)N[C@H]1C(=O)C[C@@H](CC(N)=O)C(=O)N[C@H]2C(=O)C[C@@H]3C(=O)N[C@H](C(=O)N[C@H](OC=O)c4cc(O)c(CNCCCCC(=O)[C@H](O)[C@@H](O)[C@H](O)[C@H](O)CO)c(O)c4-c4cc3ccc4O)[C@H](O)c3ccc(c(Cl)c3)Oc3cc2cc(c3O[C@@H]2O[C@H](CO)C(O)C(O)[C@H]2O[C@@H]2C[C@@H](C)[C@@H](O)C(C)(NCc3ccc(-c4ccc(Cl)cc4)cc3)C2)Oc2ccc(cc2Cl)[C@H]1O. The van der Waals surface area contributed by atoms with Gasteiger partial charge in [0.25, 0.3) is 6.47 Å². The van der Waals surface area contributed by atoms with E-state index in [9.17, 15) is 90.7 Å². The van der Waals surface area contributed by atoms with Gasteiger partial charge in [-0.2, -0.15) is 0 Å². The number of phenolic OH excluding ortho intramolecular Hbond substituents is 3. The van der Waals surface area contributed by atoms with Crippen LogP contribution in [0.3, 0.4) is 0 Å². The summed E-state index contributed by atoms with van der Waals surface area (Å²) in [5, 5.41) is 176. The van der Waals surface area contributed by atoms with Crippen LogP contribution in [0.1, 0.15) is 168 Å². The van der Waals surface area contributed by atoms with E-state index in [1.54, 1.807) is 32.9 Å². The van der Waals surface area contributed by atoms with Crippen molar-refractivity contribution in [3.8, 4) is 68.2 Å². The molecule has 7 aromatic carbocycles. The van der Waals surface area contributed by atoms with Crippen LogP contribution < -0.4 is 51.8 Å². The Bertz CT molecular complexity index is 5410. The molecule has 7 aromatic rings. The van der Waals surface area contributed by atoms with E-state index in [2.05, 4.69) is 31.9 Å². The lowest BCUT2D eigenvalue weighted by molar-refractivity contribution is -0.299. The number of fused-ring (bicyclic) bond motifs is 15. The van der Waals surface area contributed by atoms with Gasteiger partial charge in [-0.25, -0.2) is 0 Å². The minimum Gasteiger partial charge on any atom is -0.507 e. The second-order valence-electron chi connectivity index (χ2n) is 35.0. The van der Waals surface area contributed by atoms with Crippen LogP contribution in [0.2, 0.25) is 15.1 Å². The number of nitrogens with one attached hydrogen (secondary N) is 6. The van der Waals surface area contributed by atoms with Crippen LogP contribution in [0.15, 0.2) is 121 Å². The first kappa shape index (κ1) is 101. The molecule has 6 heterocycles. The topological polar surface area (TPSA) is 590 Å². The summed E-state index contributed by atoms with van der Waals surface area (Å²) in [6.45, 7) is 6.76. The zero-order valence-corrected chi connectivity index (χ0v) is 75.3. The number of aromatic hydroxyl groups is 3. The van der Waals surface area contributed by atoms with Gasteiger partial charge in [0.05, 0.1) is 52.9 Å². The highest BCUT2D eigenvalue weighted by atomic mass is 35.5. The molecular formula is C94H110Cl3N7O29. The third-order valence-corrected chi connectivity index (χ3v) is 25.8. The Morgan fingerprint density at radius 3 is 1.95 bits per heavy atom. The van der Waals surface area contributed by atoms with Crippen LogP contribution in [0.5, 0.6) is 46.0 Å². The predicted molar refractivity (Wildman–Crippen MR) is 477 cm³/mol. The van der Waals surface area contributed by atoms with Gasteiger partial charge < -0.3 is 138 Å². The van der Waals surface area contributed by atoms with Gasteiger partial charge in [-0.15, -0.1) is 0 Å². The number of unbranched alkanes of at least 4 members (excludes halogenated alkanes) is 1. The first-order chi connectivity index (χ1) is 63.2. The molecule has 39 heteroatoms. The highest BCUT2D eigenvalue weighted by Gasteiger charge is 2.52. The van der Waals surface area contributed by atoms with Gasteiger partial charge in [0.1, 0.15) is 108 Å². The Kier molecular flexibility index (Phi) is 33.8. The van der Waals surface area contributed by atoms with Crippen molar-refractivity contribution in [1.29, 1.82) is 0 Å². The number of rotatable bonds is 30. The van der Waals surface area contributed by atoms with E-state index in [-0.39, 0.29) is 103 Å². The molecule has 11 bridgehead atoms. The fourth-order valence-corrected chi connectivity index (χ4v) is 18.1. The van der Waals surface area contributed by atoms with Crippen molar-refractivity contribution >= 4 is 88.2 Å². The van der Waals surface area contributed by atoms with E-state index in [1.165, 1.54) is 24.3 Å². The maximum atomic E-state index is 16.7. The molecule has 5 amide bonds. The third kappa shape index (κ3) is 23.5. The lowest BCUT2D eigenvalue weighted by Crippen LogP contribution is -2.64. The normalized spacial score (nSPS) is 26.2. The fraction of sp³-hybridized carbons (Fsp3) is 0.457. The number of phenols is 3. The number of halogens is 3. The molecule has 6 aliphatic heterocycles. The number of hydrogen-bond donors (Lipinski definition) is 21. The predicted octanol–water partition coefficient (Wildman–Crippen LogP) is 5.65. The molecule has 0 spiro atoms. The molecule has 7 aliphatic rings. The molecule has 14 rings (SSSR count). The Morgan fingerprint density at radius 1 is 0.699 bits per heavy atom. The van der Waals surface area contributed by atoms with Crippen LogP contribution in [-0.4, -0.2) is 230 Å². The van der Waals surface area contributed by atoms with E-state index >= 15 is 24.0 Å². The van der Waals surface area contributed by atoms with Gasteiger partial charge in [0.2, 0.25) is 47.8 Å². The zero-order valence-electron chi connectivity index (χ0n) is 73.0. The average molecular weight is 1910 g/mol. The summed E-state index contributed by atoms with van der Waals surface area (Å²) < 4.78 is 39.4. The second kappa shape index (κ2) is 44.3. The summed E-state index contributed by atoms with van der Waals surface area (Å²) in [6, 6.07) is 22.3. The number of carbonyl (C=O) groups is 9. The maximum Gasteiger partial charge on any atom is 0.295 e. The number of benzene rings is 7. The number of aliphatic hydroxyl groups is 11. The molecule has 22 atom stereocenters. The molecule has 0 radical (unpaired) electrons. The minimum atomic E-state index is -2.27. The van der Waals surface area contributed by atoms with Crippen molar-refractivity contribution in [3.05, 3.63) is 175 Å². The van der Waals surface area contributed by atoms with E-state index < -0.39 is 281 Å². The molecule has 22 N–H and O–H groups in total. The molecule has 36 nitrogen and oxygen atoms in total. The van der Waals surface area contributed by atoms with Crippen LogP contribution in [0.4, 0.5) is 0 Å². The second-order valence-corrected chi connectivity index (χ2v) is 36.2. The Balaban J connectivity index is 1.01. The largest absolute Gasteiger partial charge is 0.507 e. The number of primary amides is 1. The smallest absolute Gasteiger partial charge is 0.295 e. The molecule has 0 aromatic heterocycles. The van der Waals surface area contributed by atoms with Crippen molar-refractivity contribution in [2.24, 2.45) is 29.4 Å². The summed E-state index contributed by atoms with van der Waals surface area (Å²) in [6.07, 6.45) is -28.5. The van der Waals surface area contributed by atoms with Gasteiger partial charge >= 0.3 is 0 Å². The molecular weight excluding hydrogens is 1800 g/mol. The first-order valence-corrected chi connectivity index (χ1v) is 44.7. The van der Waals surface area contributed by atoms with E-state index in [4.69, 9.17) is 69.0 Å². The monoisotopic (exact) mass is 1910 g/mol. The summed E-state index contributed by atoms with van der Waals surface area (Å²) in [7, 11) is 0. The van der Waals surface area contributed by atoms with Gasteiger partial charge in [0, 0.05) is 71.9 Å². The van der Waals surface area contributed by atoms with Crippen LogP contribution >= 0.6 is 34.8 Å². The van der Waals surface area contributed by atoms with Gasteiger partial charge in [-0.3, -0.25) is 43.2 Å². The number of ketones is 3. The maximum absolute atomic E-state index is 16.7. The number of hydrogen-bond acceptors (Lipinski definition) is 31. The third-order valence-electron chi connectivity index (χ3n) is 25.0. The van der Waals surface area contributed by atoms with Gasteiger partial charge in [-0.05, 0) is 170 Å². The standard InChI is InChI=1S/C94H110Cl3N7O29/c1-6-45(25-42(2)3)88(124)102-75-64(111)30-52(33-72(98)114)89(125)101-74-51-31-69(130-67-22-17-49(77(75)115)28-59(67)96)85(133-93-86(84(122)82(120)71(40-106)132-93)129-54-26-43(4)87(123)94(5,36-54)100-37-44-10-12-46(13-11-44)47-14-19-53(95)20-15-47)70(32-51)131-68-23-18-50(29-60(68)97)78(116)76-91(127)104-92(128-41-107)57-35-63(110)58(38-99-24-8-7-9-62(109)80(118)83(121)81(119)66(113)39-105)79(117)73(57)56-27-48(16-21-61(56)108)55(34-65(74)112)90(126)103-76/h10-23,27-29,31-32,35,41-43,45,52,54-55,66,71,74-78,80-84,86-87,92-93,99-100,105-106,108,110,113,115-123H,6-9,24-26,30,33-34,36-40H2,1-5H3,(H2,98,114)(H,101,125)(H,102,124)(H,103,126)(H,104,127)/t43-,45-,52+,54-,55+,66-,71-,74-,75+,76+,77-,78-,80+,81-,82?,83-,84?,86-,87-,92-,93+,94?/m1/s1. The lowest BCUT2D eigenvalue weighted by Gasteiger charge is -2.48. The number of amides is 5. The molecule has 1 aliphatic carbocycles.